The van der Waals surface area contributed by atoms with Gasteiger partial charge in [-0.25, -0.2) is 4.79 Å². The summed E-state index contributed by atoms with van der Waals surface area (Å²) < 4.78 is 5.31. The van der Waals surface area contributed by atoms with Crippen molar-refractivity contribution in [3.63, 3.8) is 0 Å². The number of aryl methyl sites for hydroxylation is 1. The van der Waals surface area contributed by atoms with Gasteiger partial charge in [-0.2, -0.15) is 5.26 Å². The highest BCUT2D eigenvalue weighted by atomic mass is 16.6. The normalized spacial score (nSPS) is 13.2. The molecule has 0 spiro atoms. The van der Waals surface area contributed by atoms with Gasteiger partial charge < -0.3 is 20.3 Å². The molecule has 0 saturated heterocycles. The fraction of sp³-hybridized carbons (Fsp3) is 0.583. The summed E-state index contributed by atoms with van der Waals surface area (Å²) in [5, 5.41) is 14.9. The van der Waals surface area contributed by atoms with Crippen LogP contribution < -0.4 is 10.6 Å². The quantitative estimate of drug-likeness (QED) is 0.597. The second-order valence-electron chi connectivity index (χ2n) is 9.41. The first kappa shape index (κ1) is 27.0. The lowest BCUT2D eigenvalue weighted by Gasteiger charge is -2.35. The first-order valence-corrected chi connectivity index (χ1v) is 10.8. The first-order valence-electron chi connectivity index (χ1n) is 10.8. The van der Waals surface area contributed by atoms with E-state index in [1.54, 1.807) is 46.8 Å². The highest BCUT2D eigenvalue weighted by Gasteiger charge is 2.38. The molecule has 0 aromatic heterocycles. The van der Waals surface area contributed by atoms with Gasteiger partial charge in [0.15, 0.2) is 0 Å². The monoisotopic (exact) mass is 444 g/mol. The lowest BCUT2D eigenvalue weighted by Crippen LogP contribution is -2.55. The van der Waals surface area contributed by atoms with Crippen molar-refractivity contribution in [3.05, 3.63) is 35.4 Å². The number of ether oxygens (including phenoxy) is 1. The maximum absolute atomic E-state index is 13.6. The van der Waals surface area contributed by atoms with Crippen molar-refractivity contribution in [2.75, 3.05) is 6.54 Å². The smallest absolute Gasteiger partial charge is 0.408 e. The number of rotatable bonds is 8. The lowest BCUT2D eigenvalue weighted by atomic mass is 9.96. The molecule has 176 valence electrons. The molecule has 3 amide bonds. The Bertz CT molecular complexity index is 852. The molecule has 0 saturated carbocycles. The summed E-state index contributed by atoms with van der Waals surface area (Å²) in [6, 6.07) is 7.08. The average Bonchev–Trinajstić information content (AvgIpc) is 2.64. The Labute approximate surface area is 191 Å². The van der Waals surface area contributed by atoms with E-state index in [2.05, 4.69) is 10.6 Å². The van der Waals surface area contributed by atoms with E-state index in [9.17, 15) is 19.6 Å². The largest absolute Gasteiger partial charge is 0.444 e. The standard InChI is InChI=1S/C24H36N4O4/c1-15(2)19(27-23(31)32-24(6,7)8)22(30)28(14-13-25)20(21(29)26-16(3)4)18-12-10-9-11-17(18)5/h9-12,15-16,19-20H,14H2,1-8H3,(H,26,29)(H,27,31). The zero-order valence-corrected chi connectivity index (χ0v) is 20.4. The third-order valence-corrected chi connectivity index (χ3v) is 4.60. The van der Waals surface area contributed by atoms with Gasteiger partial charge in [0.1, 0.15) is 24.2 Å². The van der Waals surface area contributed by atoms with Crippen molar-refractivity contribution >= 4 is 17.9 Å². The van der Waals surface area contributed by atoms with Gasteiger partial charge in [-0.1, -0.05) is 38.1 Å². The van der Waals surface area contributed by atoms with E-state index >= 15 is 0 Å². The van der Waals surface area contributed by atoms with Gasteiger partial charge in [0.05, 0.1) is 6.07 Å². The molecule has 1 aromatic carbocycles. The Hall–Kier alpha value is -3.08. The van der Waals surface area contributed by atoms with Crippen LogP contribution in [0.3, 0.4) is 0 Å². The Morgan fingerprint density at radius 3 is 2.16 bits per heavy atom. The van der Waals surface area contributed by atoms with Crippen LogP contribution in [0, 0.1) is 24.2 Å². The number of nitrogens with zero attached hydrogens (tertiary/aromatic N) is 2. The van der Waals surface area contributed by atoms with Crippen molar-refractivity contribution in [3.8, 4) is 6.07 Å². The van der Waals surface area contributed by atoms with E-state index in [1.165, 1.54) is 4.90 Å². The van der Waals surface area contributed by atoms with Crippen LogP contribution in [-0.4, -0.2) is 47.0 Å². The van der Waals surface area contributed by atoms with Crippen LogP contribution in [0.4, 0.5) is 4.79 Å². The summed E-state index contributed by atoms with van der Waals surface area (Å²) in [4.78, 5) is 40.4. The third kappa shape index (κ3) is 7.88. The second-order valence-corrected chi connectivity index (χ2v) is 9.41. The zero-order valence-electron chi connectivity index (χ0n) is 20.4. The first-order chi connectivity index (χ1) is 14.8. The predicted molar refractivity (Wildman–Crippen MR) is 123 cm³/mol. The summed E-state index contributed by atoms with van der Waals surface area (Å²) in [6.07, 6.45) is -0.736. The van der Waals surface area contributed by atoms with Crippen LogP contribution in [0.5, 0.6) is 0 Å². The van der Waals surface area contributed by atoms with Crippen molar-refractivity contribution in [2.45, 2.75) is 79.1 Å². The molecule has 0 aliphatic carbocycles. The van der Waals surface area contributed by atoms with E-state index in [1.807, 2.05) is 39.0 Å². The lowest BCUT2D eigenvalue weighted by molar-refractivity contribution is -0.142. The van der Waals surface area contributed by atoms with E-state index in [0.717, 1.165) is 5.56 Å². The number of hydrogen-bond donors (Lipinski definition) is 2. The van der Waals surface area contributed by atoms with Gasteiger partial charge in [-0.05, 0) is 58.6 Å². The second kappa shape index (κ2) is 11.5. The molecule has 0 aliphatic rings. The SMILES string of the molecule is Cc1ccccc1C(C(=O)NC(C)C)N(CC#N)C(=O)C(NC(=O)OC(C)(C)C)C(C)C. The minimum atomic E-state index is -1.02. The summed E-state index contributed by atoms with van der Waals surface area (Å²) in [7, 11) is 0. The molecule has 0 heterocycles. The van der Waals surface area contributed by atoms with Crippen molar-refractivity contribution in [1.82, 2.24) is 15.5 Å². The number of benzene rings is 1. The fourth-order valence-electron chi connectivity index (χ4n) is 3.21. The Kier molecular flexibility index (Phi) is 9.70. The third-order valence-electron chi connectivity index (χ3n) is 4.60. The van der Waals surface area contributed by atoms with Crippen LogP contribution in [0.25, 0.3) is 0 Å². The molecule has 2 atom stereocenters. The van der Waals surface area contributed by atoms with Gasteiger partial charge in [-0.3, -0.25) is 9.59 Å². The van der Waals surface area contributed by atoms with Crippen molar-refractivity contribution in [1.29, 1.82) is 5.26 Å². The van der Waals surface area contributed by atoms with Crippen LogP contribution in [0.15, 0.2) is 24.3 Å². The molecule has 0 bridgehead atoms. The molecular formula is C24H36N4O4. The Morgan fingerprint density at radius 1 is 1.09 bits per heavy atom. The average molecular weight is 445 g/mol. The van der Waals surface area contributed by atoms with Crippen LogP contribution in [0.1, 0.15) is 65.6 Å². The summed E-state index contributed by atoms with van der Waals surface area (Å²) in [5.41, 5.74) is 0.698. The molecule has 2 unspecified atom stereocenters. The van der Waals surface area contributed by atoms with Gasteiger partial charge in [0.25, 0.3) is 0 Å². The maximum Gasteiger partial charge on any atom is 0.408 e. The zero-order chi connectivity index (χ0) is 24.6. The maximum atomic E-state index is 13.6. The number of hydrogen-bond acceptors (Lipinski definition) is 5. The van der Waals surface area contributed by atoms with Crippen molar-refractivity contribution in [2.24, 2.45) is 5.92 Å². The van der Waals surface area contributed by atoms with Crippen molar-refractivity contribution < 1.29 is 19.1 Å². The van der Waals surface area contributed by atoms with E-state index in [0.29, 0.717) is 5.56 Å². The molecule has 8 nitrogen and oxygen atoms in total. The predicted octanol–water partition coefficient (Wildman–Crippen LogP) is 3.46. The number of carbonyl (C=O) groups excluding carboxylic acids is 3. The summed E-state index contributed by atoms with van der Waals surface area (Å²) in [6.45, 7) is 13.9. The highest BCUT2D eigenvalue weighted by Crippen LogP contribution is 2.26. The van der Waals surface area contributed by atoms with Gasteiger partial charge in [0, 0.05) is 6.04 Å². The van der Waals surface area contributed by atoms with Crippen LogP contribution in [-0.2, 0) is 14.3 Å². The van der Waals surface area contributed by atoms with E-state index in [4.69, 9.17) is 4.74 Å². The summed E-state index contributed by atoms with van der Waals surface area (Å²) >= 11 is 0. The summed E-state index contributed by atoms with van der Waals surface area (Å²) in [5.74, 6) is -1.22. The van der Waals surface area contributed by atoms with E-state index < -0.39 is 35.6 Å². The van der Waals surface area contributed by atoms with Crippen LogP contribution in [0.2, 0.25) is 0 Å². The molecule has 2 N–H and O–H groups in total. The Balaban J connectivity index is 3.42. The number of nitrogens with one attached hydrogen (secondary N) is 2. The molecule has 1 rings (SSSR count). The van der Waals surface area contributed by atoms with E-state index in [-0.39, 0.29) is 18.5 Å². The number of alkyl carbamates (subject to hydrolysis) is 1. The van der Waals surface area contributed by atoms with Crippen LogP contribution >= 0.6 is 0 Å². The minimum absolute atomic E-state index is 0.158. The van der Waals surface area contributed by atoms with Gasteiger partial charge in [0.2, 0.25) is 11.8 Å². The fourth-order valence-corrected chi connectivity index (χ4v) is 3.21. The highest BCUT2D eigenvalue weighted by molar-refractivity contribution is 5.92. The molecule has 0 radical (unpaired) electrons. The molecule has 0 fully saturated rings. The minimum Gasteiger partial charge on any atom is -0.444 e. The molecule has 8 heteroatoms. The Morgan fingerprint density at radius 2 is 1.69 bits per heavy atom. The van der Waals surface area contributed by atoms with Gasteiger partial charge in [-0.15, -0.1) is 0 Å². The molecular weight excluding hydrogens is 408 g/mol. The number of carbonyl (C=O) groups is 3. The van der Waals surface area contributed by atoms with Gasteiger partial charge >= 0.3 is 6.09 Å². The number of amides is 3. The number of nitriles is 1. The molecule has 0 aliphatic heterocycles. The topological polar surface area (TPSA) is 112 Å². The molecule has 32 heavy (non-hydrogen) atoms. The molecule has 1 aromatic rings.